The summed E-state index contributed by atoms with van der Waals surface area (Å²) >= 11 is 0. The second-order valence-corrected chi connectivity index (χ2v) is 9.62. The molecule has 0 saturated carbocycles. The molecule has 0 aliphatic carbocycles. The van der Waals surface area contributed by atoms with E-state index in [1.165, 1.54) is 12.1 Å². The molecule has 162 valence electrons. The van der Waals surface area contributed by atoms with Crippen LogP contribution in [-0.2, 0) is 27.8 Å². The van der Waals surface area contributed by atoms with Gasteiger partial charge in [0, 0.05) is 12.0 Å². The molecular weight excluding hydrogens is 424 g/mol. The van der Waals surface area contributed by atoms with Gasteiger partial charge in [-0.05, 0) is 47.5 Å². The second kappa shape index (κ2) is 9.20. The lowest BCUT2D eigenvalue weighted by Gasteiger charge is -2.12. The minimum absolute atomic E-state index is 0.0898. The standard InChI is InChI=1S/C25H22N2O4S/c28-21-10-6-19(7-11-21)16-32(30,31)17-25-23(14-18-4-2-1-3-5-18)27-24(15-26-25)20-8-12-22(29)13-9-20/h1-13,15,28-29H,14,16-17H2. The fourth-order valence-corrected chi connectivity index (χ4v) is 4.84. The Morgan fingerprint density at radius 3 is 1.97 bits per heavy atom. The Morgan fingerprint density at radius 1 is 0.688 bits per heavy atom. The third-order valence-electron chi connectivity index (χ3n) is 4.99. The SMILES string of the molecule is O=S(=O)(Cc1ccc(O)cc1)Cc1ncc(-c2ccc(O)cc2)nc1Cc1ccccc1. The van der Waals surface area contributed by atoms with Crippen LogP contribution in [0.15, 0.2) is 85.1 Å². The molecule has 0 bridgehead atoms. The van der Waals surface area contributed by atoms with Gasteiger partial charge in [-0.2, -0.15) is 0 Å². The van der Waals surface area contributed by atoms with Crippen LogP contribution >= 0.6 is 0 Å². The van der Waals surface area contributed by atoms with Crippen molar-refractivity contribution in [2.75, 3.05) is 0 Å². The maximum absolute atomic E-state index is 12.9. The molecule has 1 aromatic heterocycles. The van der Waals surface area contributed by atoms with Gasteiger partial charge in [0.15, 0.2) is 9.84 Å². The van der Waals surface area contributed by atoms with Crippen molar-refractivity contribution in [3.63, 3.8) is 0 Å². The molecule has 0 amide bonds. The van der Waals surface area contributed by atoms with Crippen LogP contribution in [0.3, 0.4) is 0 Å². The zero-order chi connectivity index (χ0) is 22.6. The summed E-state index contributed by atoms with van der Waals surface area (Å²) in [5.41, 5.74) is 3.99. The number of nitrogens with zero attached hydrogens (tertiary/aromatic N) is 2. The lowest BCUT2D eigenvalue weighted by molar-refractivity contribution is 0.474. The number of phenolic OH excluding ortho intramolecular Hbond substituents is 2. The zero-order valence-electron chi connectivity index (χ0n) is 17.2. The molecule has 0 radical (unpaired) electrons. The highest BCUT2D eigenvalue weighted by atomic mass is 32.2. The Labute approximate surface area is 186 Å². The van der Waals surface area contributed by atoms with Crippen LogP contribution in [0.2, 0.25) is 0 Å². The van der Waals surface area contributed by atoms with Gasteiger partial charge in [0.1, 0.15) is 11.5 Å². The van der Waals surface area contributed by atoms with Crippen LogP contribution in [0.25, 0.3) is 11.3 Å². The number of aromatic nitrogens is 2. The predicted octanol–water partition coefficient (Wildman–Crippen LogP) is 4.26. The fraction of sp³-hybridized carbons (Fsp3) is 0.120. The molecule has 0 spiro atoms. The molecule has 1 heterocycles. The molecule has 0 aliphatic rings. The molecule has 0 saturated heterocycles. The Balaban J connectivity index is 1.66. The van der Waals surface area contributed by atoms with Gasteiger partial charge in [-0.15, -0.1) is 0 Å². The summed E-state index contributed by atoms with van der Waals surface area (Å²) < 4.78 is 25.8. The molecule has 3 aromatic carbocycles. The number of aromatic hydroxyl groups is 2. The van der Waals surface area contributed by atoms with Crippen LogP contribution in [0, 0.1) is 0 Å². The van der Waals surface area contributed by atoms with Gasteiger partial charge >= 0.3 is 0 Å². The molecular formula is C25H22N2O4S. The smallest absolute Gasteiger partial charge is 0.160 e. The molecule has 2 N–H and O–H groups in total. The van der Waals surface area contributed by atoms with E-state index in [1.807, 2.05) is 30.3 Å². The summed E-state index contributed by atoms with van der Waals surface area (Å²) in [6.45, 7) is 0. The number of sulfone groups is 1. The van der Waals surface area contributed by atoms with E-state index in [2.05, 4.69) is 4.98 Å². The van der Waals surface area contributed by atoms with Crippen molar-refractivity contribution in [3.8, 4) is 22.8 Å². The summed E-state index contributed by atoms with van der Waals surface area (Å²) in [5.74, 6) is -0.145. The first-order valence-electron chi connectivity index (χ1n) is 10.0. The predicted molar refractivity (Wildman–Crippen MR) is 123 cm³/mol. The van der Waals surface area contributed by atoms with Crippen molar-refractivity contribution in [2.45, 2.75) is 17.9 Å². The second-order valence-electron chi connectivity index (χ2n) is 7.56. The van der Waals surface area contributed by atoms with Crippen LogP contribution in [-0.4, -0.2) is 28.6 Å². The molecule has 0 atom stereocenters. The Hall–Kier alpha value is -3.71. The number of rotatable bonds is 7. The van der Waals surface area contributed by atoms with Gasteiger partial charge in [0.2, 0.25) is 0 Å². The summed E-state index contributed by atoms with van der Waals surface area (Å²) in [6, 6.07) is 22.5. The average molecular weight is 447 g/mol. The highest BCUT2D eigenvalue weighted by Crippen LogP contribution is 2.23. The van der Waals surface area contributed by atoms with Crippen molar-refractivity contribution in [2.24, 2.45) is 0 Å². The largest absolute Gasteiger partial charge is 0.508 e. The van der Waals surface area contributed by atoms with E-state index in [4.69, 9.17) is 4.98 Å². The van der Waals surface area contributed by atoms with E-state index in [9.17, 15) is 18.6 Å². The van der Waals surface area contributed by atoms with E-state index in [-0.39, 0.29) is 23.0 Å². The molecule has 0 fully saturated rings. The molecule has 0 unspecified atom stereocenters. The number of phenols is 2. The minimum atomic E-state index is -3.52. The molecule has 0 aliphatic heterocycles. The van der Waals surface area contributed by atoms with Crippen LogP contribution in [0.5, 0.6) is 11.5 Å². The number of benzene rings is 3. The highest BCUT2D eigenvalue weighted by molar-refractivity contribution is 7.89. The summed E-state index contributed by atoms with van der Waals surface area (Å²) in [7, 11) is -3.52. The first-order chi connectivity index (χ1) is 15.4. The molecule has 4 aromatic rings. The van der Waals surface area contributed by atoms with Crippen LogP contribution < -0.4 is 0 Å². The number of hydrogen-bond acceptors (Lipinski definition) is 6. The quantitative estimate of drug-likeness (QED) is 0.440. The first-order valence-corrected chi connectivity index (χ1v) is 11.9. The van der Waals surface area contributed by atoms with E-state index in [1.54, 1.807) is 42.6 Å². The van der Waals surface area contributed by atoms with Crippen LogP contribution in [0.1, 0.15) is 22.5 Å². The van der Waals surface area contributed by atoms with Gasteiger partial charge in [0.05, 0.1) is 34.8 Å². The lowest BCUT2D eigenvalue weighted by atomic mass is 10.1. The van der Waals surface area contributed by atoms with E-state index in [0.29, 0.717) is 29.1 Å². The average Bonchev–Trinajstić information content (AvgIpc) is 2.77. The molecule has 32 heavy (non-hydrogen) atoms. The summed E-state index contributed by atoms with van der Waals surface area (Å²) in [6.07, 6.45) is 2.01. The van der Waals surface area contributed by atoms with Gasteiger partial charge in [-0.1, -0.05) is 42.5 Å². The minimum Gasteiger partial charge on any atom is -0.508 e. The van der Waals surface area contributed by atoms with E-state index in [0.717, 1.165) is 11.1 Å². The summed E-state index contributed by atoms with van der Waals surface area (Å²) in [4.78, 5) is 9.20. The van der Waals surface area contributed by atoms with Crippen molar-refractivity contribution < 1.29 is 18.6 Å². The Morgan fingerprint density at radius 2 is 1.31 bits per heavy atom. The molecule has 4 rings (SSSR count). The monoisotopic (exact) mass is 446 g/mol. The molecule has 7 heteroatoms. The molecule has 6 nitrogen and oxygen atoms in total. The topological polar surface area (TPSA) is 100 Å². The van der Waals surface area contributed by atoms with Gasteiger partial charge in [0.25, 0.3) is 0 Å². The summed E-state index contributed by atoms with van der Waals surface area (Å²) in [5, 5.41) is 19.0. The van der Waals surface area contributed by atoms with Gasteiger partial charge in [-0.25, -0.2) is 13.4 Å². The van der Waals surface area contributed by atoms with Gasteiger partial charge in [-0.3, -0.25) is 4.98 Å². The van der Waals surface area contributed by atoms with Crippen molar-refractivity contribution in [3.05, 3.63) is 108 Å². The zero-order valence-corrected chi connectivity index (χ0v) is 18.0. The van der Waals surface area contributed by atoms with E-state index < -0.39 is 9.84 Å². The third kappa shape index (κ3) is 5.50. The van der Waals surface area contributed by atoms with Crippen LogP contribution in [0.4, 0.5) is 0 Å². The lowest BCUT2D eigenvalue weighted by Crippen LogP contribution is -2.12. The van der Waals surface area contributed by atoms with Gasteiger partial charge < -0.3 is 10.2 Å². The third-order valence-corrected chi connectivity index (χ3v) is 6.47. The Bertz CT molecular complexity index is 1300. The first kappa shape index (κ1) is 21.5. The van der Waals surface area contributed by atoms with E-state index >= 15 is 0 Å². The normalized spacial score (nSPS) is 11.4. The number of hydrogen-bond donors (Lipinski definition) is 2. The maximum Gasteiger partial charge on any atom is 0.160 e. The Kier molecular flexibility index (Phi) is 6.18. The van der Waals surface area contributed by atoms with Crippen molar-refractivity contribution in [1.82, 2.24) is 9.97 Å². The highest BCUT2D eigenvalue weighted by Gasteiger charge is 2.19. The van der Waals surface area contributed by atoms with Crippen molar-refractivity contribution in [1.29, 1.82) is 0 Å². The van der Waals surface area contributed by atoms with Crippen molar-refractivity contribution >= 4 is 9.84 Å². The fourth-order valence-electron chi connectivity index (χ4n) is 3.38. The maximum atomic E-state index is 12.9.